The molecule has 0 spiro atoms. The first-order chi connectivity index (χ1) is 24.4. The highest BCUT2D eigenvalue weighted by molar-refractivity contribution is 7.89. The van der Waals surface area contributed by atoms with Gasteiger partial charge in [-0.3, -0.25) is 19.4 Å². The summed E-state index contributed by atoms with van der Waals surface area (Å²) in [5.41, 5.74) is 3.62. The summed E-state index contributed by atoms with van der Waals surface area (Å²) in [7, 11) is -5.47. The van der Waals surface area contributed by atoms with Crippen LogP contribution < -0.4 is 10.4 Å². The maximum atomic E-state index is 15.8. The molecule has 2 amide bonds. The van der Waals surface area contributed by atoms with Crippen LogP contribution in [0.1, 0.15) is 65.2 Å². The van der Waals surface area contributed by atoms with E-state index in [1.165, 1.54) is 6.07 Å². The van der Waals surface area contributed by atoms with E-state index in [0.717, 1.165) is 53.8 Å². The summed E-state index contributed by atoms with van der Waals surface area (Å²) in [6.45, 7) is -0.891. The number of hydroxylamine groups is 1. The van der Waals surface area contributed by atoms with Gasteiger partial charge in [-0.15, -0.1) is 0 Å². The van der Waals surface area contributed by atoms with Crippen molar-refractivity contribution in [2.75, 3.05) is 11.4 Å². The minimum Gasteiger partial charge on any atom is -0.302 e. The Morgan fingerprint density at radius 3 is 2.12 bits per heavy atom. The molecule has 0 bridgehead atoms. The molecule has 1 aromatic heterocycles. The third-order valence-corrected chi connectivity index (χ3v) is 10.9. The Kier molecular flexibility index (Phi) is 10.5. The Bertz CT molecular complexity index is 2040. The molecule has 2 heterocycles. The molecular formula is C35H30F6N4O5S. The molecule has 4 aromatic rings. The molecular weight excluding hydrogens is 702 g/mol. The van der Waals surface area contributed by atoms with Crippen LogP contribution in [0.4, 0.5) is 32.0 Å². The summed E-state index contributed by atoms with van der Waals surface area (Å²) in [4.78, 5) is 35.1. The summed E-state index contributed by atoms with van der Waals surface area (Å²) in [6.07, 6.45) is 5.54. The van der Waals surface area contributed by atoms with Gasteiger partial charge in [0.05, 0.1) is 24.5 Å². The predicted octanol–water partition coefficient (Wildman–Crippen LogP) is 6.43. The van der Waals surface area contributed by atoms with Crippen molar-refractivity contribution < 1.29 is 49.2 Å². The maximum absolute atomic E-state index is 15.8. The zero-order chi connectivity index (χ0) is 36.4. The van der Waals surface area contributed by atoms with Crippen molar-refractivity contribution in [1.29, 1.82) is 0 Å². The number of hydrogen-bond acceptors (Lipinski definition) is 6. The number of carbonyl (C=O) groups is 2. The number of carbonyl (C=O) groups excluding carboxylic acids is 2. The Morgan fingerprint density at radius 1 is 0.863 bits per heavy atom. The molecule has 2 fully saturated rings. The summed E-state index contributed by atoms with van der Waals surface area (Å²) in [5, 5.41) is 0. The Morgan fingerprint density at radius 2 is 1.53 bits per heavy atom. The second-order valence-electron chi connectivity index (χ2n) is 12.2. The molecule has 9 nitrogen and oxygen atoms in total. The lowest BCUT2D eigenvalue weighted by Crippen LogP contribution is -2.59. The lowest BCUT2D eigenvalue weighted by atomic mass is 9.99. The van der Waals surface area contributed by atoms with Crippen molar-refractivity contribution >= 4 is 27.5 Å². The van der Waals surface area contributed by atoms with E-state index in [4.69, 9.17) is 4.84 Å². The smallest absolute Gasteiger partial charge is 0.274 e. The van der Waals surface area contributed by atoms with E-state index in [-0.39, 0.29) is 24.3 Å². The number of nitrogens with zero attached hydrogens (tertiary/aromatic N) is 3. The highest BCUT2D eigenvalue weighted by Crippen LogP contribution is 2.36. The van der Waals surface area contributed by atoms with Gasteiger partial charge in [0.2, 0.25) is 21.7 Å². The second kappa shape index (κ2) is 14.8. The number of aromatic nitrogens is 1. The van der Waals surface area contributed by atoms with Crippen molar-refractivity contribution in [2.45, 2.75) is 62.1 Å². The normalized spacial score (nSPS) is 16.5. The minimum absolute atomic E-state index is 0.0216. The van der Waals surface area contributed by atoms with E-state index >= 15 is 4.39 Å². The molecule has 1 saturated heterocycles. The monoisotopic (exact) mass is 732 g/mol. The molecule has 1 saturated carbocycles. The molecule has 3 aromatic carbocycles. The minimum atomic E-state index is -5.47. The van der Waals surface area contributed by atoms with Crippen LogP contribution in [0.25, 0.3) is 0 Å². The van der Waals surface area contributed by atoms with E-state index in [2.05, 4.69) is 10.5 Å². The number of pyridine rings is 1. The number of halogens is 6. The molecule has 1 unspecified atom stereocenters. The Hall–Kier alpha value is -4.80. The predicted molar refractivity (Wildman–Crippen MR) is 170 cm³/mol. The van der Waals surface area contributed by atoms with Gasteiger partial charge in [0.25, 0.3) is 5.91 Å². The van der Waals surface area contributed by atoms with Gasteiger partial charge in [-0.25, -0.2) is 40.2 Å². The lowest BCUT2D eigenvalue weighted by Gasteiger charge is -2.41. The third-order valence-electron chi connectivity index (χ3n) is 9.00. The van der Waals surface area contributed by atoms with Crippen molar-refractivity contribution in [3.05, 3.63) is 124 Å². The fourth-order valence-electron chi connectivity index (χ4n) is 6.17. The summed E-state index contributed by atoms with van der Waals surface area (Å²) in [6, 6.07) is 13.8. The Labute approximate surface area is 288 Å². The van der Waals surface area contributed by atoms with Crippen LogP contribution >= 0.6 is 0 Å². The zero-order valence-corrected chi connectivity index (χ0v) is 27.5. The van der Waals surface area contributed by atoms with Gasteiger partial charge in [0.15, 0.2) is 28.2 Å². The van der Waals surface area contributed by atoms with Gasteiger partial charge in [0.1, 0.15) is 11.9 Å². The van der Waals surface area contributed by atoms with Crippen LogP contribution in [-0.4, -0.2) is 42.1 Å². The fraction of sp³-hybridized carbons (Fsp3) is 0.286. The van der Waals surface area contributed by atoms with Crippen LogP contribution in [0.5, 0.6) is 0 Å². The van der Waals surface area contributed by atoms with Crippen molar-refractivity contribution in [2.24, 2.45) is 0 Å². The molecule has 0 radical (unpaired) electrons. The van der Waals surface area contributed by atoms with Gasteiger partial charge in [0, 0.05) is 18.3 Å². The number of rotatable bonds is 11. The van der Waals surface area contributed by atoms with Crippen LogP contribution in [0, 0.1) is 34.9 Å². The summed E-state index contributed by atoms with van der Waals surface area (Å²) in [5.74, 6) is -15.3. The number of hydrogen-bond donors (Lipinski definition) is 1. The third kappa shape index (κ3) is 7.21. The number of amides is 2. The highest BCUT2D eigenvalue weighted by Gasteiger charge is 2.48. The molecule has 1 aliphatic heterocycles. The van der Waals surface area contributed by atoms with Gasteiger partial charge < -0.3 is 4.90 Å². The first kappa shape index (κ1) is 36.0. The van der Waals surface area contributed by atoms with E-state index in [9.17, 15) is 40.0 Å². The van der Waals surface area contributed by atoms with E-state index in [1.807, 2.05) is 6.07 Å². The molecule has 1 N–H and O–H groups in total. The number of nitrogens with one attached hydrogen (secondary N) is 1. The molecule has 268 valence electrons. The lowest BCUT2D eigenvalue weighted by molar-refractivity contribution is -0.125. The quantitative estimate of drug-likeness (QED) is 0.0825. The van der Waals surface area contributed by atoms with Crippen LogP contribution in [-0.2, 0) is 32.8 Å². The van der Waals surface area contributed by atoms with Crippen LogP contribution in [0.15, 0.2) is 71.8 Å². The van der Waals surface area contributed by atoms with E-state index < -0.39 is 86.5 Å². The molecule has 1 atom stereocenters. The molecule has 1 aliphatic carbocycles. The number of anilines is 1. The van der Waals surface area contributed by atoms with Gasteiger partial charge in [-0.2, -0.15) is 4.31 Å². The van der Waals surface area contributed by atoms with E-state index in [1.54, 1.807) is 42.6 Å². The highest BCUT2D eigenvalue weighted by atomic mass is 32.2. The van der Waals surface area contributed by atoms with Crippen molar-refractivity contribution in [1.82, 2.24) is 14.8 Å². The standard InChI is InChI=1S/C35H30F6N4O5S/c36-25-16-22(34(46)43-50-19-20-6-2-1-3-7-20)11-13-26(25)44(18-24-12-10-23(17-42-24)21-8-4-5-9-21)35(47)27-14-15-45(27)51(48,49)33-31(40)29(38)28(37)30(39)32(33)41/h1-3,6-7,10-13,16-17,21,27H,4-5,8-9,14-15,18-19H2,(H,43,46). The number of benzene rings is 3. The van der Waals surface area contributed by atoms with Crippen molar-refractivity contribution in [3.8, 4) is 0 Å². The molecule has 2 aliphatic rings. The van der Waals surface area contributed by atoms with Crippen LogP contribution in [0.2, 0.25) is 0 Å². The molecule has 16 heteroatoms. The topological polar surface area (TPSA) is 109 Å². The maximum Gasteiger partial charge on any atom is 0.274 e. The average Bonchev–Trinajstić information content (AvgIpc) is 3.64. The average molecular weight is 733 g/mol. The number of sulfonamides is 1. The largest absolute Gasteiger partial charge is 0.302 e. The van der Waals surface area contributed by atoms with Gasteiger partial charge >= 0.3 is 0 Å². The van der Waals surface area contributed by atoms with E-state index in [0.29, 0.717) is 10.2 Å². The summed E-state index contributed by atoms with van der Waals surface area (Å²) < 4.78 is 114. The van der Waals surface area contributed by atoms with Crippen molar-refractivity contribution in [3.63, 3.8) is 0 Å². The zero-order valence-electron chi connectivity index (χ0n) is 26.7. The Balaban J connectivity index is 1.28. The fourth-order valence-corrected chi connectivity index (χ4v) is 7.91. The van der Waals surface area contributed by atoms with Crippen LogP contribution in [0.3, 0.4) is 0 Å². The SMILES string of the molecule is O=C(NOCc1ccccc1)c1ccc(N(Cc2ccc(C3CCCC3)cn2)C(=O)C2CCN2S(=O)(=O)c2c(F)c(F)c(F)c(F)c2F)c(F)c1. The van der Waals surface area contributed by atoms with Gasteiger partial charge in [-0.05, 0) is 60.6 Å². The first-order valence-corrected chi connectivity index (χ1v) is 17.4. The first-order valence-electron chi connectivity index (χ1n) is 15.9. The van der Waals surface area contributed by atoms with Gasteiger partial charge in [-0.1, -0.05) is 49.2 Å². The molecule has 6 rings (SSSR count). The second-order valence-corrected chi connectivity index (χ2v) is 14.0. The summed E-state index contributed by atoms with van der Waals surface area (Å²) >= 11 is 0. The molecule has 51 heavy (non-hydrogen) atoms.